The molecular formula is C15H25N3OS. The van der Waals surface area contributed by atoms with Gasteiger partial charge in [0.05, 0.1) is 0 Å². The lowest BCUT2D eigenvalue weighted by atomic mass is 9.90. The van der Waals surface area contributed by atoms with Gasteiger partial charge in [0, 0.05) is 35.5 Å². The molecule has 0 saturated heterocycles. The average Bonchev–Trinajstić information content (AvgIpc) is 2.42. The highest BCUT2D eigenvalue weighted by Gasteiger charge is 2.19. The van der Waals surface area contributed by atoms with Crippen molar-refractivity contribution in [2.75, 3.05) is 25.2 Å². The van der Waals surface area contributed by atoms with E-state index in [-0.39, 0.29) is 11.3 Å². The minimum atomic E-state index is -0.0888. The molecule has 1 amide bonds. The number of pyridine rings is 1. The van der Waals surface area contributed by atoms with E-state index < -0.39 is 0 Å². The van der Waals surface area contributed by atoms with E-state index >= 15 is 0 Å². The molecule has 1 heterocycles. The second-order valence-electron chi connectivity index (χ2n) is 5.88. The Labute approximate surface area is 126 Å². The molecule has 0 aliphatic rings. The lowest BCUT2D eigenvalue weighted by Gasteiger charge is -2.20. The third kappa shape index (κ3) is 4.71. The van der Waals surface area contributed by atoms with Gasteiger partial charge in [-0.15, -0.1) is 0 Å². The molecule has 0 spiro atoms. The van der Waals surface area contributed by atoms with Gasteiger partial charge in [0.2, 0.25) is 0 Å². The Morgan fingerprint density at radius 1 is 1.40 bits per heavy atom. The molecular weight excluding hydrogens is 270 g/mol. The molecule has 0 bridgehead atoms. The zero-order valence-electron chi connectivity index (χ0n) is 13.2. The van der Waals surface area contributed by atoms with E-state index in [1.54, 1.807) is 17.8 Å². The van der Waals surface area contributed by atoms with Crippen LogP contribution in [-0.4, -0.2) is 36.0 Å². The lowest BCUT2D eigenvalue weighted by molar-refractivity contribution is 0.0954. The number of aromatic nitrogens is 1. The van der Waals surface area contributed by atoms with E-state index in [1.165, 1.54) is 0 Å². The van der Waals surface area contributed by atoms with E-state index in [9.17, 15) is 4.79 Å². The third-order valence-electron chi connectivity index (χ3n) is 3.06. The van der Waals surface area contributed by atoms with Crippen LogP contribution in [0.15, 0.2) is 12.1 Å². The van der Waals surface area contributed by atoms with Crippen LogP contribution in [0.3, 0.4) is 0 Å². The van der Waals surface area contributed by atoms with Gasteiger partial charge in [-0.1, -0.05) is 27.7 Å². The first-order chi connectivity index (χ1) is 9.27. The number of rotatable bonds is 5. The number of amides is 1. The summed E-state index contributed by atoms with van der Waals surface area (Å²) in [6.07, 6.45) is 2.04. The Kier molecular flexibility index (Phi) is 5.87. The molecule has 0 radical (unpaired) electrons. The minimum absolute atomic E-state index is 0.0460. The van der Waals surface area contributed by atoms with Crippen LogP contribution in [0.4, 0.5) is 5.82 Å². The molecule has 1 unspecified atom stereocenters. The van der Waals surface area contributed by atoms with Gasteiger partial charge in [-0.05, 0) is 18.4 Å². The topological polar surface area (TPSA) is 54.0 Å². The fourth-order valence-electron chi connectivity index (χ4n) is 1.60. The van der Waals surface area contributed by atoms with Crippen molar-refractivity contribution >= 4 is 23.5 Å². The molecule has 20 heavy (non-hydrogen) atoms. The number of thioether (sulfide) groups is 1. The highest BCUT2D eigenvalue weighted by Crippen LogP contribution is 2.23. The summed E-state index contributed by atoms with van der Waals surface area (Å²) in [6.45, 7) is 9.03. The van der Waals surface area contributed by atoms with Gasteiger partial charge in [-0.3, -0.25) is 4.79 Å². The highest BCUT2D eigenvalue weighted by molar-refractivity contribution is 7.99. The number of hydrogen-bond donors (Lipinski definition) is 2. The Hall–Kier alpha value is -1.23. The molecule has 0 aromatic carbocycles. The summed E-state index contributed by atoms with van der Waals surface area (Å²) in [5.74, 6) is 0.677. The fourth-order valence-corrected chi connectivity index (χ4v) is 1.85. The molecule has 1 aromatic rings. The lowest BCUT2D eigenvalue weighted by Crippen LogP contribution is -2.30. The number of anilines is 1. The average molecular weight is 295 g/mol. The standard InChI is InChI=1S/C15H25N3OS/c1-10(20-6)9-17-14(19)11-7-12(15(2,3)4)18-13(8-11)16-5/h7-8,10H,9H2,1-6H3,(H,16,18)(H,17,19). The Balaban J connectivity index is 2.96. The van der Waals surface area contributed by atoms with E-state index in [2.05, 4.69) is 43.3 Å². The van der Waals surface area contributed by atoms with Crippen molar-refractivity contribution in [1.29, 1.82) is 0 Å². The smallest absolute Gasteiger partial charge is 0.251 e. The quantitative estimate of drug-likeness (QED) is 0.877. The Morgan fingerprint density at radius 3 is 2.55 bits per heavy atom. The Morgan fingerprint density at radius 2 is 2.05 bits per heavy atom. The first kappa shape index (κ1) is 16.8. The van der Waals surface area contributed by atoms with Crippen molar-refractivity contribution in [2.24, 2.45) is 0 Å². The predicted octanol–water partition coefficient (Wildman–Crippen LogP) is 2.90. The molecule has 2 N–H and O–H groups in total. The van der Waals surface area contributed by atoms with E-state index in [4.69, 9.17) is 0 Å². The van der Waals surface area contributed by atoms with Crippen LogP contribution in [0, 0.1) is 0 Å². The van der Waals surface area contributed by atoms with Crippen LogP contribution in [-0.2, 0) is 5.41 Å². The first-order valence-corrected chi connectivity index (χ1v) is 8.08. The van der Waals surface area contributed by atoms with Gasteiger partial charge in [-0.25, -0.2) is 4.98 Å². The number of carbonyl (C=O) groups excluding carboxylic acids is 1. The second kappa shape index (κ2) is 6.97. The van der Waals surface area contributed by atoms with Gasteiger partial charge in [0.25, 0.3) is 5.91 Å². The number of hydrogen-bond acceptors (Lipinski definition) is 4. The summed E-state index contributed by atoms with van der Waals surface area (Å²) in [7, 11) is 1.81. The summed E-state index contributed by atoms with van der Waals surface area (Å²) in [4.78, 5) is 16.8. The predicted molar refractivity (Wildman–Crippen MR) is 87.8 cm³/mol. The SMILES string of the molecule is CNc1cc(C(=O)NCC(C)SC)cc(C(C)(C)C)n1. The molecule has 0 fully saturated rings. The Bertz CT molecular complexity index is 469. The van der Waals surface area contributed by atoms with Crippen LogP contribution in [0.1, 0.15) is 43.7 Å². The molecule has 0 aliphatic heterocycles. The number of nitrogens with zero attached hydrogens (tertiary/aromatic N) is 1. The van der Waals surface area contributed by atoms with Crippen LogP contribution in [0.2, 0.25) is 0 Å². The van der Waals surface area contributed by atoms with Crippen molar-refractivity contribution in [3.05, 3.63) is 23.4 Å². The van der Waals surface area contributed by atoms with Gasteiger partial charge >= 0.3 is 0 Å². The number of carbonyl (C=O) groups is 1. The first-order valence-electron chi connectivity index (χ1n) is 6.79. The van der Waals surface area contributed by atoms with Gasteiger partial charge < -0.3 is 10.6 Å². The third-order valence-corrected chi connectivity index (χ3v) is 4.04. The molecule has 1 rings (SSSR count). The summed E-state index contributed by atoms with van der Waals surface area (Å²) >= 11 is 1.74. The van der Waals surface area contributed by atoms with Crippen molar-refractivity contribution < 1.29 is 4.79 Å². The normalized spacial score (nSPS) is 12.9. The maximum atomic E-state index is 12.2. The summed E-state index contributed by atoms with van der Waals surface area (Å²) in [6, 6.07) is 3.66. The second-order valence-corrected chi connectivity index (χ2v) is 7.16. The zero-order chi connectivity index (χ0) is 15.3. The molecule has 1 atom stereocenters. The molecule has 5 heteroatoms. The molecule has 0 aliphatic carbocycles. The zero-order valence-corrected chi connectivity index (χ0v) is 14.0. The highest BCUT2D eigenvalue weighted by atomic mass is 32.2. The van der Waals surface area contributed by atoms with E-state index in [1.807, 2.05) is 19.4 Å². The summed E-state index contributed by atoms with van der Waals surface area (Å²) < 4.78 is 0. The number of nitrogens with one attached hydrogen (secondary N) is 2. The summed E-state index contributed by atoms with van der Waals surface area (Å²) in [5.41, 5.74) is 1.48. The van der Waals surface area contributed by atoms with Crippen LogP contribution in [0.5, 0.6) is 0 Å². The maximum Gasteiger partial charge on any atom is 0.251 e. The summed E-state index contributed by atoms with van der Waals surface area (Å²) in [5, 5.41) is 6.39. The largest absolute Gasteiger partial charge is 0.373 e. The van der Waals surface area contributed by atoms with Crippen LogP contribution in [0.25, 0.3) is 0 Å². The van der Waals surface area contributed by atoms with Crippen LogP contribution >= 0.6 is 11.8 Å². The van der Waals surface area contributed by atoms with Crippen molar-refractivity contribution in [3.63, 3.8) is 0 Å². The maximum absolute atomic E-state index is 12.2. The van der Waals surface area contributed by atoms with Gasteiger partial charge in [0.1, 0.15) is 5.82 Å². The van der Waals surface area contributed by atoms with Crippen molar-refractivity contribution in [2.45, 2.75) is 38.4 Å². The van der Waals surface area contributed by atoms with Crippen molar-refractivity contribution in [3.8, 4) is 0 Å². The monoisotopic (exact) mass is 295 g/mol. The fraction of sp³-hybridized carbons (Fsp3) is 0.600. The molecule has 4 nitrogen and oxygen atoms in total. The molecule has 0 saturated carbocycles. The van der Waals surface area contributed by atoms with Crippen LogP contribution < -0.4 is 10.6 Å². The van der Waals surface area contributed by atoms with Crippen molar-refractivity contribution in [1.82, 2.24) is 10.3 Å². The molecule has 112 valence electrons. The minimum Gasteiger partial charge on any atom is -0.373 e. The van der Waals surface area contributed by atoms with E-state index in [0.29, 0.717) is 17.4 Å². The molecule has 1 aromatic heterocycles. The van der Waals surface area contributed by atoms with Gasteiger partial charge in [-0.2, -0.15) is 11.8 Å². The van der Waals surface area contributed by atoms with E-state index in [0.717, 1.165) is 11.5 Å². The van der Waals surface area contributed by atoms with Gasteiger partial charge in [0.15, 0.2) is 0 Å².